The van der Waals surface area contributed by atoms with Gasteiger partial charge in [0.1, 0.15) is 5.75 Å². The Balaban J connectivity index is 1.53. The highest BCUT2D eigenvalue weighted by Crippen LogP contribution is 2.54. The summed E-state index contributed by atoms with van der Waals surface area (Å²) in [5.74, 6) is -2.61. The molecule has 0 saturated carbocycles. The largest absolute Gasteiger partial charge is 0.508 e. The lowest BCUT2D eigenvalue weighted by molar-refractivity contribution is -0.152. The van der Waals surface area contributed by atoms with Crippen LogP contribution in [0.4, 0.5) is 5.69 Å². The molecule has 2 fully saturated rings. The number of anilines is 1. The Morgan fingerprint density at radius 2 is 1.72 bits per heavy atom. The number of fused-ring (bicyclic) bond motifs is 2. The third-order valence-electron chi connectivity index (χ3n) is 7.16. The topological polar surface area (TPSA) is 114 Å². The second kappa shape index (κ2) is 8.10. The highest BCUT2D eigenvalue weighted by molar-refractivity contribution is 6.24. The molecule has 0 aliphatic carbocycles. The second-order valence-electron chi connectivity index (χ2n) is 8.93. The van der Waals surface area contributed by atoms with Crippen LogP contribution in [0.15, 0.2) is 72.8 Å². The molecule has 4 atom stereocenters. The van der Waals surface area contributed by atoms with Crippen molar-refractivity contribution in [2.45, 2.75) is 11.6 Å². The molecule has 6 rings (SSSR count). The SMILES string of the molecule is COC(=O)[C@]1(c2ccccc2)N[C@@H](c2ccc(O)cc2)[C@H]2C(=O)N(c3ccc4c(c3)OCO4)C(=O)[C@@H]21. The number of phenols is 1. The van der Waals surface area contributed by atoms with Crippen molar-refractivity contribution in [1.82, 2.24) is 5.32 Å². The van der Waals surface area contributed by atoms with Crippen LogP contribution in [0.25, 0.3) is 0 Å². The number of imide groups is 1. The molecule has 3 heterocycles. The van der Waals surface area contributed by atoms with E-state index < -0.39 is 41.2 Å². The van der Waals surface area contributed by atoms with Gasteiger partial charge in [0.05, 0.1) is 24.6 Å². The second-order valence-corrected chi connectivity index (χ2v) is 8.93. The van der Waals surface area contributed by atoms with Gasteiger partial charge in [0.25, 0.3) is 0 Å². The molecular formula is C27H22N2O7. The number of hydrogen-bond donors (Lipinski definition) is 2. The van der Waals surface area contributed by atoms with E-state index in [1.54, 1.807) is 60.7 Å². The Bertz CT molecular complexity index is 1370. The van der Waals surface area contributed by atoms with Gasteiger partial charge in [-0.2, -0.15) is 0 Å². The Morgan fingerprint density at radius 3 is 2.44 bits per heavy atom. The van der Waals surface area contributed by atoms with Gasteiger partial charge in [0.2, 0.25) is 18.6 Å². The molecule has 2 saturated heterocycles. The number of phenolic OH excluding ortho intramolecular Hbond substituents is 1. The monoisotopic (exact) mass is 486 g/mol. The maximum Gasteiger partial charge on any atom is 0.331 e. The maximum absolute atomic E-state index is 14.1. The molecule has 2 N–H and O–H groups in total. The Labute approximate surface area is 206 Å². The van der Waals surface area contributed by atoms with Gasteiger partial charge < -0.3 is 19.3 Å². The molecule has 0 bridgehead atoms. The number of methoxy groups -OCH3 is 1. The third-order valence-corrected chi connectivity index (χ3v) is 7.16. The zero-order valence-electron chi connectivity index (χ0n) is 19.2. The molecular weight excluding hydrogens is 464 g/mol. The zero-order chi connectivity index (χ0) is 25.0. The Kier molecular flexibility index (Phi) is 4.97. The smallest absolute Gasteiger partial charge is 0.331 e. The molecule has 9 heteroatoms. The van der Waals surface area contributed by atoms with Crippen LogP contribution in [0, 0.1) is 11.8 Å². The van der Waals surface area contributed by atoms with Crippen LogP contribution < -0.4 is 19.7 Å². The van der Waals surface area contributed by atoms with Crippen LogP contribution in [-0.2, 0) is 24.7 Å². The van der Waals surface area contributed by atoms with Gasteiger partial charge in [-0.25, -0.2) is 9.69 Å². The van der Waals surface area contributed by atoms with Crippen LogP contribution in [0.3, 0.4) is 0 Å². The van der Waals surface area contributed by atoms with E-state index in [2.05, 4.69) is 5.32 Å². The first kappa shape index (κ1) is 22.1. The van der Waals surface area contributed by atoms with Crippen molar-refractivity contribution >= 4 is 23.5 Å². The van der Waals surface area contributed by atoms with E-state index in [1.165, 1.54) is 19.2 Å². The molecule has 0 unspecified atom stereocenters. The van der Waals surface area contributed by atoms with Gasteiger partial charge in [0.15, 0.2) is 17.0 Å². The standard InChI is InChI=1S/C27H22N2O7/c1-34-26(33)27(16-5-3-2-4-6-16)22-21(23(28-27)15-7-10-18(30)11-8-15)24(31)29(25(22)32)17-9-12-19-20(13-17)36-14-35-19/h2-13,21-23,28,30H,14H2,1H3/t21-,22+,23-,27+/m0/s1. The summed E-state index contributed by atoms with van der Waals surface area (Å²) in [7, 11) is 1.26. The van der Waals surface area contributed by atoms with Crippen molar-refractivity contribution in [3.8, 4) is 17.2 Å². The fraction of sp³-hybridized carbons (Fsp3) is 0.222. The number of carbonyl (C=O) groups is 3. The average molecular weight is 486 g/mol. The summed E-state index contributed by atoms with van der Waals surface area (Å²) in [5, 5.41) is 13.1. The van der Waals surface area contributed by atoms with E-state index in [1.807, 2.05) is 0 Å². The number of amides is 2. The zero-order valence-corrected chi connectivity index (χ0v) is 19.2. The molecule has 182 valence electrons. The van der Waals surface area contributed by atoms with Crippen LogP contribution >= 0.6 is 0 Å². The van der Waals surface area contributed by atoms with Crippen LogP contribution in [0.5, 0.6) is 17.2 Å². The lowest BCUT2D eigenvalue weighted by atomic mass is 9.75. The summed E-state index contributed by atoms with van der Waals surface area (Å²) in [6.07, 6.45) is 0. The van der Waals surface area contributed by atoms with Crippen molar-refractivity contribution in [2.24, 2.45) is 11.8 Å². The molecule has 3 aromatic carbocycles. The number of rotatable bonds is 4. The summed E-state index contributed by atoms with van der Waals surface area (Å²) in [6.45, 7) is 0.0538. The predicted octanol–water partition coefficient (Wildman–Crippen LogP) is 2.64. The molecule has 3 aromatic rings. The first-order valence-corrected chi connectivity index (χ1v) is 11.4. The summed E-state index contributed by atoms with van der Waals surface area (Å²) in [5.41, 5.74) is -0.110. The molecule has 0 spiro atoms. The van der Waals surface area contributed by atoms with Crippen molar-refractivity contribution in [3.63, 3.8) is 0 Å². The van der Waals surface area contributed by atoms with Crippen molar-refractivity contribution in [2.75, 3.05) is 18.8 Å². The summed E-state index contributed by atoms with van der Waals surface area (Å²) < 4.78 is 16.0. The molecule has 0 radical (unpaired) electrons. The van der Waals surface area contributed by atoms with Gasteiger partial charge in [-0.15, -0.1) is 0 Å². The number of nitrogens with one attached hydrogen (secondary N) is 1. The van der Waals surface area contributed by atoms with E-state index in [0.717, 1.165) is 4.90 Å². The number of carbonyl (C=O) groups excluding carboxylic acids is 3. The fourth-order valence-electron chi connectivity index (χ4n) is 5.59. The van der Waals surface area contributed by atoms with Crippen LogP contribution in [0.2, 0.25) is 0 Å². The number of nitrogens with zero attached hydrogens (tertiary/aromatic N) is 1. The normalized spacial score (nSPS) is 26.2. The number of esters is 1. The quantitative estimate of drug-likeness (QED) is 0.427. The minimum Gasteiger partial charge on any atom is -0.508 e. The summed E-state index contributed by atoms with van der Waals surface area (Å²) in [6, 6.07) is 19.3. The van der Waals surface area contributed by atoms with Crippen molar-refractivity contribution in [1.29, 1.82) is 0 Å². The molecule has 3 aliphatic heterocycles. The highest BCUT2D eigenvalue weighted by Gasteiger charge is 2.69. The third kappa shape index (κ3) is 3.02. The van der Waals surface area contributed by atoms with Crippen LogP contribution in [-0.4, -0.2) is 36.8 Å². The van der Waals surface area contributed by atoms with Gasteiger partial charge in [0, 0.05) is 12.1 Å². The van der Waals surface area contributed by atoms with E-state index in [-0.39, 0.29) is 12.5 Å². The molecule has 36 heavy (non-hydrogen) atoms. The van der Waals surface area contributed by atoms with Gasteiger partial charge in [-0.05, 0) is 35.4 Å². The van der Waals surface area contributed by atoms with E-state index >= 15 is 0 Å². The number of aromatic hydroxyl groups is 1. The number of hydrogen-bond acceptors (Lipinski definition) is 8. The average Bonchev–Trinajstić information content (AvgIpc) is 3.58. The van der Waals surface area contributed by atoms with Crippen molar-refractivity contribution < 1.29 is 33.7 Å². The minimum absolute atomic E-state index is 0.0538. The first-order chi connectivity index (χ1) is 17.5. The lowest BCUT2D eigenvalue weighted by Gasteiger charge is -2.33. The van der Waals surface area contributed by atoms with E-state index in [4.69, 9.17) is 14.2 Å². The van der Waals surface area contributed by atoms with E-state index in [9.17, 15) is 19.5 Å². The number of benzene rings is 3. The predicted molar refractivity (Wildman–Crippen MR) is 126 cm³/mol. The van der Waals surface area contributed by atoms with Gasteiger partial charge >= 0.3 is 5.97 Å². The van der Waals surface area contributed by atoms with Crippen LogP contribution in [0.1, 0.15) is 17.2 Å². The molecule has 2 amide bonds. The molecule has 9 nitrogen and oxygen atoms in total. The minimum atomic E-state index is -1.61. The fourth-order valence-corrected chi connectivity index (χ4v) is 5.59. The molecule has 3 aliphatic rings. The summed E-state index contributed by atoms with van der Waals surface area (Å²) >= 11 is 0. The van der Waals surface area contributed by atoms with E-state index in [0.29, 0.717) is 28.3 Å². The Morgan fingerprint density at radius 1 is 1.00 bits per heavy atom. The first-order valence-electron chi connectivity index (χ1n) is 11.4. The highest BCUT2D eigenvalue weighted by atomic mass is 16.7. The Hall–Kier alpha value is -4.37. The summed E-state index contributed by atoms with van der Waals surface area (Å²) in [4.78, 5) is 42.7. The number of ether oxygens (including phenoxy) is 3. The molecule has 0 aromatic heterocycles. The maximum atomic E-state index is 14.1. The van der Waals surface area contributed by atoms with Gasteiger partial charge in [-0.1, -0.05) is 42.5 Å². The van der Waals surface area contributed by atoms with Crippen molar-refractivity contribution in [3.05, 3.63) is 83.9 Å². The van der Waals surface area contributed by atoms with Gasteiger partial charge in [-0.3, -0.25) is 14.9 Å². The lowest BCUT2D eigenvalue weighted by Crippen LogP contribution is -2.53.